The molecule has 5 rings (SSSR count). The van der Waals surface area contributed by atoms with Crippen LogP contribution in [0.15, 0.2) is 88.5 Å². The molecule has 7 heteroatoms. The smallest absolute Gasteiger partial charge is 0.290 e. The number of aliphatic hydroxyl groups is 1. The van der Waals surface area contributed by atoms with Crippen LogP contribution in [0.5, 0.6) is 5.75 Å². The molecular formula is C32H30ClNO5. The number of Topliss-reactive ketones (excluding diaryl/α,β-unsaturated/α-hetero) is 1. The second kappa shape index (κ2) is 10.3. The first kappa shape index (κ1) is 26.6. The maximum absolute atomic E-state index is 13.9. The first-order chi connectivity index (χ1) is 18.6. The molecule has 2 heterocycles. The molecule has 0 saturated heterocycles. The second-order valence-electron chi connectivity index (χ2n) is 10.7. The molecule has 1 aromatic heterocycles. The van der Waals surface area contributed by atoms with Crippen molar-refractivity contribution in [3.8, 4) is 5.75 Å². The first-order valence-corrected chi connectivity index (χ1v) is 13.2. The number of fused-ring (bicyclic) bond motifs is 1. The normalized spacial score (nSPS) is 15.9. The van der Waals surface area contributed by atoms with Crippen molar-refractivity contribution in [2.24, 2.45) is 0 Å². The van der Waals surface area contributed by atoms with Gasteiger partial charge in [-0.05, 0) is 65.4 Å². The summed E-state index contributed by atoms with van der Waals surface area (Å²) in [6, 6.07) is 21.1. The molecule has 6 nitrogen and oxygen atoms in total. The minimum atomic E-state index is -0.813. The molecule has 4 aromatic rings. The Labute approximate surface area is 232 Å². The lowest BCUT2D eigenvalue weighted by molar-refractivity contribution is -0.130. The summed E-state index contributed by atoms with van der Waals surface area (Å²) in [6.07, 6.45) is 0. The van der Waals surface area contributed by atoms with E-state index in [1.807, 2.05) is 55.5 Å². The van der Waals surface area contributed by atoms with E-state index in [9.17, 15) is 14.7 Å². The highest BCUT2D eigenvalue weighted by molar-refractivity contribution is 6.31. The number of hydrogen-bond donors (Lipinski definition) is 1. The van der Waals surface area contributed by atoms with Crippen LogP contribution in [0.3, 0.4) is 0 Å². The van der Waals surface area contributed by atoms with Gasteiger partial charge >= 0.3 is 0 Å². The number of amides is 1. The minimum Gasteiger partial charge on any atom is -0.503 e. The molecule has 1 aliphatic heterocycles. The Morgan fingerprint density at radius 2 is 1.79 bits per heavy atom. The van der Waals surface area contributed by atoms with E-state index < -0.39 is 23.5 Å². The average Bonchev–Trinajstić information content (AvgIpc) is 3.42. The monoisotopic (exact) mass is 543 g/mol. The maximum atomic E-state index is 13.9. The van der Waals surface area contributed by atoms with Crippen LogP contribution >= 0.6 is 11.6 Å². The Kier molecular flexibility index (Phi) is 7.00. The van der Waals surface area contributed by atoms with Gasteiger partial charge in [0.2, 0.25) is 5.78 Å². The van der Waals surface area contributed by atoms with E-state index in [1.54, 1.807) is 24.3 Å². The van der Waals surface area contributed by atoms with Gasteiger partial charge in [-0.25, -0.2) is 0 Å². The quantitative estimate of drug-likeness (QED) is 0.243. The number of rotatable bonds is 7. The summed E-state index contributed by atoms with van der Waals surface area (Å²) >= 11 is 6.12. The summed E-state index contributed by atoms with van der Waals surface area (Å²) in [5, 5.41) is 12.3. The van der Waals surface area contributed by atoms with Gasteiger partial charge in [0, 0.05) is 17.0 Å². The van der Waals surface area contributed by atoms with Gasteiger partial charge in [-0.1, -0.05) is 68.8 Å². The zero-order valence-electron chi connectivity index (χ0n) is 22.3. The number of ketones is 1. The predicted molar refractivity (Wildman–Crippen MR) is 151 cm³/mol. The van der Waals surface area contributed by atoms with Gasteiger partial charge in [0.05, 0.1) is 18.2 Å². The number of furan rings is 1. The second-order valence-corrected chi connectivity index (χ2v) is 11.1. The van der Waals surface area contributed by atoms with Crippen LogP contribution in [0.2, 0.25) is 5.02 Å². The lowest BCUT2D eigenvalue weighted by Gasteiger charge is -2.28. The molecule has 1 unspecified atom stereocenters. The number of hydrogen-bond acceptors (Lipinski definition) is 5. The van der Waals surface area contributed by atoms with Gasteiger partial charge in [0.25, 0.3) is 5.91 Å². The number of carbonyl (C=O) groups excluding carboxylic acids is 2. The van der Waals surface area contributed by atoms with Crippen LogP contribution in [0.25, 0.3) is 11.0 Å². The number of nitrogens with zero attached hydrogens (tertiary/aromatic N) is 1. The third-order valence-corrected chi connectivity index (χ3v) is 7.14. The molecule has 0 fully saturated rings. The zero-order valence-corrected chi connectivity index (χ0v) is 23.1. The molecular weight excluding hydrogens is 514 g/mol. The summed E-state index contributed by atoms with van der Waals surface area (Å²) in [5.41, 5.74) is 3.03. The Morgan fingerprint density at radius 1 is 1.05 bits per heavy atom. The summed E-state index contributed by atoms with van der Waals surface area (Å²) in [7, 11) is 0. The highest BCUT2D eigenvalue weighted by Crippen LogP contribution is 2.41. The van der Waals surface area contributed by atoms with E-state index in [0.717, 1.165) is 11.1 Å². The van der Waals surface area contributed by atoms with Gasteiger partial charge < -0.3 is 19.2 Å². The molecule has 0 spiro atoms. The molecule has 200 valence electrons. The Bertz CT molecular complexity index is 1590. The van der Waals surface area contributed by atoms with E-state index in [4.69, 9.17) is 20.8 Å². The highest BCUT2D eigenvalue weighted by atomic mass is 35.5. The Balaban J connectivity index is 1.58. The molecule has 1 atom stereocenters. The van der Waals surface area contributed by atoms with Gasteiger partial charge in [-0.3, -0.25) is 9.59 Å². The van der Waals surface area contributed by atoms with Crippen molar-refractivity contribution in [2.75, 3.05) is 6.61 Å². The van der Waals surface area contributed by atoms with Crippen molar-refractivity contribution in [2.45, 2.75) is 45.7 Å². The summed E-state index contributed by atoms with van der Waals surface area (Å²) < 4.78 is 11.5. The topological polar surface area (TPSA) is 80.0 Å². The van der Waals surface area contributed by atoms with E-state index in [-0.39, 0.29) is 23.3 Å². The van der Waals surface area contributed by atoms with Crippen molar-refractivity contribution >= 4 is 34.3 Å². The molecule has 1 N–H and O–H groups in total. The molecule has 1 amide bonds. The average molecular weight is 544 g/mol. The van der Waals surface area contributed by atoms with Crippen LogP contribution in [0.1, 0.15) is 61.0 Å². The lowest BCUT2D eigenvalue weighted by atomic mass is 9.85. The minimum absolute atomic E-state index is 0.0189. The standard InChI is InChI=1S/C32H30ClNO5/c1-5-38-24-8-6-7-19(15-24)18-34-28(20-9-11-22(12-10-20)32(2,3)4)27(30(36)31(34)37)29(35)26-17-21-16-23(33)13-14-25(21)39-26/h6-17,28,36H,5,18H2,1-4H3. The van der Waals surface area contributed by atoms with Crippen molar-refractivity contribution < 1.29 is 23.8 Å². The third kappa shape index (κ3) is 5.17. The molecule has 3 aromatic carbocycles. The third-order valence-electron chi connectivity index (χ3n) is 6.91. The van der Waals surface area contributed by atoms with Crippen LogP contribution in [-0.4, -0.2) is 28.3 Å². The number of carbonyl (C=O) groups is 2. The zero-order chi connectivity index (χ0) is 27.9. The van der Waals surface area contributed by atoms with E-state index in [1.165, 1.54) is 4.90 Å². The summed E-state index contributed by atoms with van der Waals surface area (Å²) in [4.78, 5) is 28.9. The lowest BCUT2D eigenvalue weighted by Crippen LogP contribution is -2.30. The molecule has 0 aliphatic carbocycles. The van der Waals surface area contributed by atoms with Crippen molar-refractivity contribution in [1.82, 2.24) is 4.90 Å². The molecule has 0 saturated carbocycles. The van der Waals surface area contributed by atoms with Crippen molar-refractivity contribution in [3.63, 3.8) is 0 Å². The van der Waals surface area contributed by atoms with Crippen LogP contribution in [-0.2, 0) is 16.8 Å². The van der Waals surface area contributed by atoms with Crippen LogP contribution in [0.4, 0.5) is 0 Å². The molecule has 0 radical (unpaired) electrons. The van der Waals surface area contributed by atoms with Crippen LogP contribution in [0, 0.1) is 0 Å². The number of ether oxygens (including phenoxy) is 1. The first-order valence-electron chi connectivity index (χ1n) is 12.9. The summed E-state index contributed by atoms with van der Waals surface area (Å²) in [5.74, 6) is -1.04. The molecule has 0 bridgehead atoms. The highest BCUT2D eigenvalue weighted by Gasteiger charge is 2.44. The van der Waals surface area contributed by atoms with Gasteiger partial charge in [-0.2, -0.15) is 0 Å². The number of benzene rings is 3. The fourth-order valence-electron chi connectivity index (χ4n) is 4.92. The largest absolute Gasteiger partial charge is 0.503 e. The van der Waals surface area contributed by atoms with E-state index in [0.29, 0.717) is 33.9 Å². The molecule has 1 aliphatic rings. The number of halogens is 1. The fourth-order valence-corrected chi connectivity index (χ4v) is 5.10. The van der Waals surface area contributed by atoms with Crippen molar-refractivity contribution in [1.29, 1.82) is 0 Å². The van der Waals surface area contributed by atoms with Gasteiger partial charge in [0.15, 0.2) is 11.5 Å². The fraction of sp³-hybridized carbons (Fsp3) is 0.250. The molecule has 39 heavy (non-hydrogen) atoms. The number of aliphatic hydroxyl groups excluding tert-OH is 1. The Hall–Kier alpha value is -4.03. The van der Waals surface area contributed by atoms with Gasteiger partial charge in [0.1, 0.15) is 11.3 Å². The predicted octanol–water partition coefficient (Wildman–Crippen LogP) is 7.56. The SMILES string of the molecule is CCOc1cccc(CN2C(=O)C(O)=C(C(=O)c3cc4cc(Cl)ccc4o3)C2c2ccc(C(C)(C)C)cc2)c1. The van der Waals surface area contributed by atoms with Gasteiger partial charge in [-0.15, -0.1) is 0 Å². The van der Waals surface area contributed by atoms with E-state index >= 15 is 0 Å². The van der Waals surface area contributed by atoms with Crippen LogP contribution < -0.4 is 4.74 Å². The Morgan fingerprint density at radius 3 is 2.49 bits per heavy atom. The van der Waals surface area contributed by atoms with Crippen molar-refractivity contribution in [3.05, 3.63) is 112 Å². The van der Waals surface area contributed by atoms with E-state index in [2.05, 4.69) is 20.8 Å². The maximum Gasteiger partial charge on any atom is 0.290 e. The summed E-state index contributed by atoms with van der Waals surface area (Å²) in [6.45, 7) is 8.94.